The first-order chi connectivity index (χ1) is 11.5. The Morgan fingerprint density at radius 1 is 1.38 bits per heavy atom. The molecule has 2 aliphatic heterocycles. The zero-order chi connectivity index (χ0) is 16.7. The molecule has 1 saturated heterocycles. The molecule has 1 aromatic carbocycles. The van der Waals surface area contributed by atoms with Crippen molar-refractivity contribution in [3.63, 3.8) is 0 Å². The lowest BCUT2D eigenvalue weighted by Crippen LogP contribution is -2.32. The minimum absolute atomic E-state index is 0.174. The number of carbonyl (C=O) groups is 1. The van der Waals surface area contributed by atoms with Crippen molar-refractivity contribution in [3.05, 3.63) is 41.2 Å². The monoisotopic (exact) mass is 327 g/mol. The van der Waals surface area contributed by atoms with Crippen molar-refractivity contribution in [2.24, 2.45) is 0 Å². The van der Waals surface area contributed by atoms with Crippen LogP contribution < -0.4 is 4.90 Å². The van der Waals surface area contributed by atoms with E-state index in [1.165, 1.54) is 11.1 Å². The van der Waals surface area contributed by atoms with Crippen LogP contribution in [0.3, 0.4) is 0 Å². The maximum atomic E-state index is 11.8. The second kappa shape index (κ2) is 5.68. The van der Waals surface area contributed by atoms with Crippen molar-refractivity contribution in [2.45, 2.75) is 31.4 Å². The van der Waals surface area contributed by atoms with Crippen molar-refractivity contribution in [1.29, 1.82) is 0 Å². The molecule has 1 atom stereocenters. The Morgan fingerprint density at radius 2 is 2.25 bits per heavy atom. The van der Waals surface area contributed by atoms with Crippen LogP contribution in [0.4, 0.5) is 5.69 Å². The molecule has 1 amide bonds. The Kier molecular flexibility index (Phi) is 3.62. The molecule has 2 aliphatic rings. The molecule has 0 aliphatic carbocycles. The number of rotatable bonds is 3. The van der Waals surface area contributed by atoms with Gasteiger partial charge >= 0.3 is 0 Å². The highest BCUT2D eigenvalue weighted by Crippen LogP contribution is 2.32. The number of benzene rings is 1. The minimum Gasteiger partial charge on any atom is -0.382 e. The molecular weight excluding hydrogens is 306 g/mol. The van der Waals surface area contributed by atoms with E-state index in [4.69, 9.17) is 0 Å². The normalized spacial score (nSPS) is 24.4. The first-order valence-corrected chi connectivity index (χ1v) is 8.24. The van der Waals surface area contributed by atoms with Crippen LogP contribution in [0.2, 0.25) is 0 Å². The van der Waals surface area contributed by atoms with Crippen LogP contribution in [0.5, 0.6) is 0 Å². The number of H-pyrrole nitrogens is 1. The predicted octanol–water partition coefficient (Wildman–Crippen LogP) is 0.807. The lowest BCUT2D eigenvalue weighted by atomic mass is 9.99. The van der Waals surface area contributed by atoms with Crippen LogP contribution in [0.1, 0.15) is 29.7 Å². The lowest BCUT2D eigenvalue weighted by molar-refractivity contribution is -0.118. The fourth-order valence-electron chi connectivity index (χ4n) is 3.71. The average molecular weight is 327 g/mol. The molecule has 0 spiro atoms. The summed E-state index contributed by atoms with van der Waals surface area (Å²) >= 11 is 0. The third kappa shape index (κ3) is 2.59. The highest BCUT2D eigenvalue weighted by molar-refractivity contribution is 5.95. The number of likely N-dealkylation sites (tertiary alicyclic amines) is 1. The molecule has 1 fully saturated rings. The van der Waals surface area contributed by atoms with Gasteiger partial charge in [-0.2, -0.15) is 15.4 Å². The predicted molar refractivity (Wildman–Crippen MR) is 88.3 cm³/mol. The van der Waals surface area contributed by atoms with Gasteiger partial charge in [-0.3, -0.25) is 9.69 Å². The molecule has 7 nitrogen and oxygen atoms in total. The van der Waals surface area contributed by atoms with Crippen molar-refractivity contribution < 1.29 is 9.90 Å². The van der Waals surface area contributed by atoms with Crippen molar-refractivity contribution in [2.75, 3.05) is 25.0 Å². The van der Waals surface area contributed by atoms with Crippen LogP contribution in [-0.4, -0.2) is 51.5 Å². The van der Waals surface area contributed by atoms with E-state index in [1.54, 1.807) is 11.1 Å². The molecule has 0 unspecified atom stereocenters. The molecule has 2 N–H and O–H groups in total. The zero-order valence-corrected chi connectivity index (χ0v) is 13.7. The molecule has 0 radical (unpaired) electrons. The van der Waals surface area contributed by atoms with Gasteiger partial charge in [-0.05, 0) is 30.0 Å². The van der Waals surface area contributed by atoms with Crippen LogP contribution in [0.15, 0.2) is 24.4 Å². The number of nitrogens with one attached hydrogen (secondary N) is 1. The van der Waals surface area contributed by atoms with E-state index in [9.17, 15) is 9.90 Å². The Morgan fingerprint density at radius 3 is 3.04 bits per heavy atom. The van der Waals surface area contributed by atoms with E-state index < -0.39 is 5.60 Å². The summed E-state index contributed by atoms with van der Waals surface area (Å²) < 4.78 is 0. The Hall–Kier alpha value is -2.25. The summed E-state index contributed by atoms with van der Waals surface area (Å²) in [6.07, 6.45) is 3.62. The summed E-state index contributed by atoms with van der Waals surface area (Å²) in [6, 6.07) is 6.29. The maximum absolute atomic E-state index is 11.8. The molecule has 1 aromatic heterocycles. The van der Waals surface area contributed by atoms with Gasteiger partial charge in [0, 0.05) is 38.8 Å². The highest BCUT2D eigenvalue weighted by atomic mass is 16.3. The Bertz CT molecular complexity index is 760. The molecule has 3 heterocycles. The molecule has 4 rings (SSSR count). The summed E-state index contributed by atoms with van der Waals surface area (Å²) in [7, 11) is 1.83. The standard InChI is InChI=1S/C17H21N5O2/c1-21-14-4-2-12(8-13(14)3-5-16(21)23)10-22-7-6-17(24,11-22)15-9-18-20-19-15/h2,4,8-9,24H,3,5-7,10-11H2,1H3,(H,18,19,20)/t17-/m0/s1. The SMILES string of the molecule is CN1C(=O)CCc2cc(CN3CC[C@@](O)(c4cn[nH]n4)C3)ccc21. The van der Waals surface area contributed by atoms with E-state index in [-0.39, 0.29) is 5.91 Å². The van der Waals surface area contributed by atoms with Gasteiger partial charge in [0.15, 0.2) is 0 Å². The second-order valence-corrected chi connectivity index (χ2v) is 6.76. The Labute approximate surface area is 140 Å². The largest absolute Gasteiger partial charge is 0.382 e. The lowest BCUT2D eigenvalue weighted by Gasteiger charge is -2.27. The molecule has 24 heavy (non-hydrogen) atoms. The molecule has 126 valence electrons. The van der Waals surface area contributed by atoms with Crippen LogP contribution in [0.25, 0.3) is 0 Å². The van der Waals surface area contributed by atoms with Gasteiger partial charge < -0.3 is 10.0 Å². The van der Waals surface area contributed by atoms with Crippen LogP contribution in [0, 0.1) is 0 Å². The summed E-state index contributed by atoms with van der Waals surface area (Å²) in [4.78, 5) is 15.7. The fraction of sp³-hybridized carbons (Fsp3) is 0.471. The maximum Gasteiger partial charge on any atom is 0.227 e. The number of amides is 1. The first kappa shape index (κ1) is 15.3. The Balaban J connectivity index is 1.48. The fourth-order valence-corrected chi connectivity index (χ4v) is 3.71. The van der Waals surface area contributed by atoms with Crippen molar-refractivity contribution in [3.8, 4) is 0 Å². The smallest absolute Gasteiger partial charge is 0.227 e. The average Bonchev–Trinajstić information content (AvgIpc) is 3.22. The number of carbonyl (C=O) groups excluding carboxylic acids is 1. The van der Waals surface area contributed by atoms with Gasteiger partial charge in [0.2, 0.25) is 5.91 Å². The molecule has 0 bridgehead atoms. The van der Waals surface area contributed by atoms with E-state index in [2.05, 4.69) is 32.4 Å². The van der Waals surface area contributed by atoms with E-state index >= 15 is 0 Å². The third-order valence-corrected chi connectivity index (χ3v) is 5.11. The van der Waals surface area contributed by atoms with Gasteiger partial charge in [-0.1, -0.05) is 12.1 Å². The van der Waals surface area contributed by atoms with Gasteiger partial charge in [-0.15, -0.1) is 0 Å². The summed E-state index contributed by atoms with van der Waals surface area (Å²) in [6.45, 7) is 2.15. The van der Waals surface area contributed by atoms with Gasteiger partial charge in [0.1, 0.15) is 11.3 Å². The number of fused-ring (bicyclic) bond motifs is 1. The second-order valence-electron chi connectivity index (χ2n) is 6.76. The summed E-state index contributed by atoms with van der Waals surface area (Å²) in [5.74, 6) is 0.174. The number of nitrogens with zero attached hydrogens (tertiary/aromatic N) is 4. The first-order valence-electron chi connectivity index (χ1n) is 8.24. The van der Waals surface area contributed by atoms with E-state index in [0.717, 1.165) is 25.2 Å². The number of aromatic amines is 1. The van der Waals surface area contributed by atoms with Crippen LogP contribution in [-0.2, 0) is 23.4 Å². The highest BCUT2D eigenvalue weighted by Gasteiger charge is 2.39. The summed E-state index contributed by atoms with van der Waals surface area (Å²) in [5, 5.41) is 21.1. The summed E-state index contributed by atoms with van der Waals surface area (Å²) in [5.41, 5.74) is 3.13. The number of anilines is 1. The molecular formula is C17H21N5O2. The molecule has 7 heteroatoms. The van der Waals surface area contributed by atoms with E-state index in [0.29, 0.717) is 25.1 Å². The number of aromatic nitrogens is 3. The van der Waals surface area contributed by atoms with Gasteiger partial charge in [0.05, 0.1) is 6.20 Å². The quantitative estimate of drug-likeness (QED) is 0.871. The minimum atomic E-state index is -0.923. The van der Waals surface area contributed by atoms with Crippen molar-refractivity contribution >= 4 is 11.6 Å². The number of hydrogen-bond donors (Lipinski definition) is 2. The number of aliphatic hydroxyl groups is 1. The number of aryl methyl sites for hydroxylation is 1. The van der Waals surface area contributed by atoms with Gasteiger partial charge in [-0.25, -0.2) is 0 Å². The molecule has 0 saturated carbocycles. The topological polar surface area (TPSA) is 85.4 Å². The van der Waals surface area contributed by atoms with E-state index in [1.807, 2.05) is 13.1 Å². The van der Waals surface area contributed by atoms with Crippen LogP contribution >= 0.6 is 0 Å². The van der Waals surface area contributed by atoms with Gasteiger partial charge in [0.25, 0.3) is 0 Å². The number of hydrogen-bond acceptors (Lipinski definition) is 5. The third-order valence-electron chi connectivity index (χ3n) is 5.11. The van der Waals surface area contributed by atoms with Crippen molar-refractivity contribution in [1.82, 2.24) is 20.3 Å². The number of β-amino-alcohol motifs (C(OH)–C–C–N with tert-alkyl or cyclic N) is 1. The molecule has 2 aromatic rings. The zero-order valence-electron chi connectivity index (χ0n) is 13.7.